The van der Waals surface area contributed by atoms with E-state index in [1.165, 1.54) is 10.5 Å². The molecule has 21 heavy (non-hydrogen) atoms. The first-order valence-corrected chi connectivity index (χ1v) is 8.03. The van der Waals surface area contributed by atoms with Gasteiger partial charge in [-0.25, -0.2) is 0 Å². The summed E-state index contributed by atoms with van der Waals surface area (Å²) in [7, 11) is 1.71. The van der Waals surface area contributed by atoms with Crippen molar-refractivity contribution in [1.82, 2.24) is 15.5 Å². The molecule has 5 nitrogen and oxygen atoms in total. The number of ether oxygens (including phenoxy) is 1. The maximum absolute atomic E-state index is 5.11. The van der Waals surface area contributed by atoms with Crippen molar-refractivity contribution in [3.8, 4) is 0 Å². The fraction of sp³-hybridized carbons (Fsp3) is 0.467. The van der Waals surface area contributed by atoms with E-state index in [2.05, 4.69) is 39.7 Å². The number of nitrogens with zero attached hydrogens (tertiary/aromatic N) is 2. The predicted octanol–water partition coefficient (Wildman–Crippen LogP) is 2.66. The van der Waals surface area contributed by atoms with Crippen LogP contribution in [0.3, 0.4) is 0 Å². The van der Waals surface area contributed by atoms with Crippen LogP contribution < -0.4 is 5.32 Å². The summed E-state index contributed by atoms with van der Waals surface area (Å²) in [5.74, 6) is 2.17. The molecule has 2 aromatic rings. The van der Waals surface area contributed by atoms with E-state index in [4.69, 9.17) is 9.26 Å². The third-order valence-corrected chi connectivity index (χ3v) is 3.88. The van der Waals surface area contributed by atoms with E-state index in [0.717, 1.165) is 37.7 Å². The molecule has 1 heterocycles. The summed E-state index contributed by atoms with van der Waals surface area (Å²) in [6.45, 7) is 4.44. The highest BCUT2D eigenvalue weighted by Crippen LogP contribution is 2.22. The summed E-state index contributed by atoms with van der Waals surface area (Å²) in [4.78, 5) is 5.52. The third-order valence-electron chi connectivity index (χ3n) is 2.89. The summed E-state index contributed by atoms with van der Waals surface area (Å²) < 4.78 is 10.1. The summed E-state index contributed by atoms with van der Waals surface area (Å²) in [5.41, 5.74) is 1.26. The van der Waals surface area contributed by atoms with Crippen LogP contribution in [-0.4, -0.2) is 30.4 Å². The van der Waals surface area contributed by atoms with Crippen LogP contribution in [0.4, 0.5) is 0 Å². The van der Waals surface area contributed by atoms with Crippen LogP contribution in [0.1, 0.15) is 24.2 Å². The average molecular weight is 307 g/mol. The van der Waals surface area contributed by atoms with Gasteiger partial charge in [0.15, 0.2) is 5.82 Å². The highest BCUT2D eigenvalue weighted by atomic mass is 32.2. The zero-order valence-corrected chi connectivity index (χ0v) is 13.3. The van der Waals surface area contributed by atoms with Crippen LogP contribution in [0.2, 0.25) is 0 Å². The zero-order valence-electron chi connectivity index (χ0n) is 12.5. The quantitative estimate of drug-likeness (QED) is 0.568. The van der Waals surface area contributed by atoms with E-state index in [9.17, 15) is 0 Å². The standard InChI is InChI=1S/C15H21N3O2S/c1-3-15-17-14(18-20-15)11-21-13-6-4-5-12(9-13)10-16-7-8-19-2/h4-6,9,16H,3,7-8,10-11H2,1-2H3. The SMILES string of the molecule is CCc1nc(CSc2cccc(CNCCOC)c2)no1. The molecular weight excluding hydrogens is 286 g/mol. The van der Waals surface area contributed by atoms with Crippen molar-refractivity contribution in [3.05, 3.63) is 41.5 Å². The topological polar surface area (TPSA) is 60.2 Å². The van der Waals surface area contributed by atoms with Crippen LogP contribution in [0, 0.1) is 0 Å². The summed E-state index contributed by atoms with van der Waals surface area (Å²) in [6.07, 6.45) is 0.778. The molecule has 0 aliphatic rings. The molecule has 2 rings (SSSR count). The zero-order chi connectivity index (χ0) is 14.9. The van der Waals surface area contributed by atoms with Crippen molar-refractivity contribution in [2.24, 2.45) is 0 Å². The van der Waals surface area contributed by atoms with E-state index in [-0.39, 0.29) is 0 Å². The fourth-order valence-electron chi connectivity index (χ4n) is 1.79. The molecular formula is C15H21N3O2S. The highest BCUT2D eigenvalue weighted by Gasteiger charge is 2.05. The molecule has 0 spiro atoms. The van der Waals surface area contributed by atoms with Gasteiger partial charge in [-0.05, 0) is 17.7 Å². The van der Waals surface area contributed by atoms with E-state index in [1.807, 2.05) is 6.92 Å². The van der Waals surface area contributed by atoms with Gasteiger partial charge >= 0.3 is 0 Å². The second-order valence-corrected chi connectivity index (χ2v) is 5.61. The molecule has 0 aliphatic heterocycles. The van der Waals surface area contributed by atoms with Crippen LogP contribution >= 0.6 is 11.8 Å². The smallest absolute Gasteiger partial charge is 0.226 e. The average Bonchev–Trinajstić information content (AvgIpc) is 2.98. The number of aromatic nitrogens is 2. The molecule has 0 aliphatic carbocycles. The van der Waals surface area contributed by atoms with E-state index < -0.39 is 0 Å². The number of methoxy groups -OCH3 is 1. The molecule has 1 aromatic heterocycles. The first-order chi connectivity index (χ1) is 10.3. The molecule has 0 saturated heterocycles. The molecule has 0 unspecified atom stereocenters. The van der Waals surface area contributed by atoms with Crippen molar-refractivity contribution in [2.75, 3.05) is 20.3 Å². The molecule has 1 N–H and O–H groups in total. The second kappa shape index (κ2) is 8.81. The Morgan fingerprint density at radius 1 is 1.38 bits per heavy atom. The van der Waals surface area contributed by atoms with Crippen LogP contribution in [0.15, 0.2) is 33.7 Å². The van der Waals surface area contributed by atoms with Crippen molar-refractivity contribution >= 4 is 11.8 Å². The number of aryl methyl sites for hydroxylation is 1. The van der Waals surface area contributed by atoms with Gasteiger partial charge < -0.3 is 14.6 Å². The normalized spacial score (nSPS) is 11.0. The second-order valence-electron chi connectivity index (χ2n) is 4.56. The molecule has 0 radical (unpaired) electrons. The Hall–Kier alpha value is -1.37. The minimum absolute atomic E-state index is 0.696. The Balaban J connectivity index is 1.82. The van der Waals surface area contributed by atoms with Gasteiger partial charge in [-0.1, -0.05) is 24.2 Å². The molecule has 0 fully saturated rings. The number of rotatable bonds is 9. The molecule has 1 aromatic carbocycles. The highest BCUT2D eigenvalue weighted by molar-refractivity contribution is 7.98. The van der Waals surface area contributed by atoms with Crippen molar-refractivity contribution in [3.63, 3.8) is 0 Å². The summed E-state index contributed by atoms with van der Waals surface area (Å²) in [5, 5.41) is 7.30. The fourth-order valence-corrected chi connectivity index (χ4v) is 2.61. The van der Waals surface area contributed by atoms with Gasteiger partial charge in [-0.3, -0.25) is 0 Å². The first kappa shape index (κ1) is 16.0. The summed E-state index contributed by atoms with van der Waals surface area (Å²) >= 11 is 1.72. The predicted molar refractivity (Wildman–Crippen MR) is 83.3 cm³/mol. The van der Waals surface area contributed by atoms with Gasteiger partial charge in [-0.15, -0.1) is 11.8 Å². The molecule has 0 saturated carbocycles. The minimum Gasteiger partial charge on any atom is -0.383 e. The largest absolute Gasteiger partial charge is 0.383 e. The minimum atomic E-state index is 0.696. The lowest BCUT2D eigenvalue weighted by Gasteiger charge is -2.06. The van der Waals surface area contributed by atoms with Crippen LogP contribution in [0.25, 0.3) is 0 Å². The molecule has 6 heteroatoms. The third kappa shape index (κ3) is 5.49. The van der Waals surface area contributed by atoms with Crippen molar-refractivity contribution < 1.29 is 9.26 Å². The van der Waals surface area contributed by atoms with Crippen LogP contribution in [-0.2, 0) is 23.5 Å². The number of hydrogen-bond acceptors (Lipinski definition) is 6. The van der Waals surface area contributed by atoms with Gasteiger partial charge in [0.25, 0.3) is 0 Å². The number of thioether (sulfide) groups is 1. The number of hydrogen-bond donors (Lipinski definition) is 1. The van der Waals surface area contributed by atoms with Gasteiger partial charge in [0, 0.05) is 31.5 Å². The Kier molecular flexibility index (Phi) is 6.72. The molecule has 0 amide bonds. The molecule has 0 atom stereocenters. The Morgan fingerprint density at radius 3 is 3.05 bits per heavy atom. The number of nitrogens with one attached hydrogen (secondary N) is 1. The maximum Gasteiger partial charge on any atom is 0.226 e. The first-order valence-electron chi connectivity index (χ1n) is 7.04. The van der Waals surface area contributed by atoms with E-state index in [0.29, 0.717) is 5.89 Å². The summed E-state index contributed by atoms with van der Waals surface area (Å²) in [6, 6.07) is 8.48. The van der Waals surface area contributed by atoms with Gasteiger partial charge in [0.1, 0.15) is 0 Å². The number of benzene rings is 1. The maximum atomic E-state index is 5.11. The molecule has 114 valence electrons. The van der Waals surface area contributed by atoms with Gasteiger partial charge in [0.2, 0.25) is 5.89 Å². The van der Waals surface area contributed by atoms with E-state index in [1.54, 1.807) is 18.9 Å². The lowest BCUT2D eigenvalue weighted by atomic mass is 10.2. The van der Waals surface area contributed by atoms with Crippen molar-refractivity contribution in [1.29, 1.82) is 0 Å². The van der Waals surface area contributed by atoms with Gasteiger partial charge in [-0.2, -0.15) is 4.98 Å². The lowest BCUT2D eigenvalue weighted by molar-refractivity contribution is 0.199. The lowest BCUT2D eigenvalue weighted by Crippen LogP contribution is -2.18. The van der Waals surface area contributed by atoms with Gasteiger partial charge in [0.05, 0.1) is 12.4 Å². The monoisotopic (exact) mass is 307 g/mol. The Labute approximate surface area is 129 Å². The van der Waals surface area contributed by atoms with E-state index >= 15 is 0 Å². The Bertz CT molecular complexity index is 545. The Morgan fingerprint density at radius 2 is 2.29 bits per heavy atom. The van der Waals surface area contributed by atoms with Crippen molar-refractivity contribution in [2.45, 2.75) is 30.5 Å². The van der Waals surface area contributed by atoms with Crippen LogP contribution in [0.5, 0.6) is 0 Å². The molecule has 0 bridgehead atoms.